The van der Waals surface area contributed by atoms with E-state index in [-0.39, 0.29) is 11.1 Å². The standard InChI is InChI=1S/C16H11N3O4/c17-10-12(16(21)18-13-4-2-1-3-5-13)8-11-6-7-15(20)14(9-11)19(22)23/h1-9,20H,(H,18,21)/p-1/b12-8+. The number of hydrogen-bond donors (Lipinski definition) is 1. The molecule has 0 aromatic heterocycles. The zero-order chi connectivity index (χ0) is 16.8. The molecule has 7 nitrogen and oxygen atoms in total. The Morgan fingerprint density at radius 2 is 1.91 bits per heavy atom. The van der Waals surface area contributed by atoms with E-state index in [9.17, 15) is 20.0 Å². The van der Waals surface area contributed by atoms with Crippen LogP contribution in [0.2, 0.25) is 0 Å². The van der Waals surface area contributed by atoms with E-state index in [4.69, 9.17) is 5.26 Å². The molecule has 0 heterocycles. The van der Waals surface area contributed by atoms with E-state index in [0.717, 1.165) is 12.1 Å². The van der Waals surface area contributed by atoms with Crippen LogP contribution in [-0.2, 0) is 4.79 Å². The van der Waals surface area contributed by atoms with Gasteiger partial charge in [0.25, 0.3) is 11.6 Å². The number of carbonyl (C=O) groups excluding carboxylic acids is 1. The molecular weight excluding hydrogens is 298 g/mol. The first-order valence-electron chi connectivity index (χ1n) is 6.45. The van der Waals surface area contributed by atoms with Crippen molar-refractivity contribution in [2.24, 2.45) is 0 Å². The van der Waals surface area contributed by atoms with E-state index in [2.05, 4.69) is 5.32 Å². The van der Waals surface area contributed by atoms with Crippen LogP contribution in [-0.4, -0.2) is 10.8 Å². The van der Waals surface area contributed by atoms with Gasteiger partial charge >= 0.3 is 0 Å². The molecule has 0 aliphatic rings. The van der Waals surface area contributed by atoms with Crippen molar-refractivity contribution in [3.05, 3.63) is 69.8 Å². The van der Waals surface area contributed by atoms with Gasteiger partial charge < -0.3 is 10.4 Å². The Balaban J connectivity index is 2.28. The lowest BCUT2D eigenvalue weighted by Gasteiger charge is -2.07. The maximum absolute atomic E-state index is 12.0. The van der Waals surface area contributed by atoms with Crippen LogP contribution in [0.5, 0.6) is 5.75 Å². The second-order valence-corrected chi connectivity index (χ2v) is 4.47. The molecule has 0 aliphatic heterocycles. The summed E-state index contributed by atoms with van der Waals surface area (Å²) in [4.78, 5) is 22.0. The van der Waals surface area contributed by atoms with Crippen LogP contribution in [0.25, 0.3) is 6.08 Å². The van der Waals surface area contributed by atoms with Crippen molar-refractivity contribution >= 4 is 23.4 Å². The molecule has 1 amide bonds. The summed E-state index contributed by atoms with van der Waals surface area (Å²) in [6.45, 7) is 0. The highest BCUT2D eigenvalue weighted by atomic mass is 16.6. The summed E-state index contributed by atoms with van der Waals surface area (Å²) < 4.78 is 0. The van der Waals surface area contributed by atoms with Gasteiger partial charge in [-0.15, -0.1) is 0 Å². The Hall–Kier alpha value is -3.66. The zero-order valence-electron chi connectivity index (χ0n) is 11.7. The van der Waals surface area contributed by atoms with Gasteiger partial charge in [-0.05, 0) is 29.5 Å². The third kappa shape index (κ3) is 3.92. The monoisotopic (exact) mass is 308 g/mol. The molecule has 7 heteroatoms. The predicted molar refractivity (Wildman–Crippen MR) is 81.2 cm³/mol. The fourth-order valence-corrected chi connectivity index (χ4v) is 1.80. The number of nitriles is 1. The van der Waals surface area contributed by atoms with Gasteiger partial charge in [-0.25, -0.2) is 0 Å². The zero-order valence-corrected chi connectivity index (χ0v) is 11.7. The lowest BCUT2D eigenvalue weighted by atomic mass is 10.1. The molecule has 0 saturated heterocycles. The lowest BCUT2D eigenvalue weighted by molar-refractivity contribution is -0.398. The molecule has 0 atom stereocenters. The van der Waals surface area contributed by atoms with Crippen LogP contribution in [0.4, 0.5) is 11.4 Å². The number of nitro benzene ring substituents is 1. The van der Waals surface area contributed by atoms with Crippen LogP contribution in [0.1, 0.15) is 5.56 Å². The first-order valence-corrected chi connectivity index (χ1v) is 6.45. The quantitative estimate of drug-likeness (QED) is 0.402. The Morgan fingerprint density at radius 3 is 2.52 bits per heavy atom. The highest BCUT2D eigenvalue weighted by Gasteiger charge is 2.11. The van der Waals surface area contributed by atoms with Crippen molar-refractivity contribution in [2.45, 2.75) is 0 Å². The molecule has 0 unspecified atom stereocenters. The molecule has 2 rings (SSSR count). The number of para-hydroxylation sites is 1. The van der Waals surface area contributed by atoms with Gasteiger partial charge in [0.2, 0.25) is 0 Å². The summed E-state index contributed by atoms with van der Waals surface area (Å²) >= 11 is 0. The summed E-state index contributed by atoms with van der Waals surface area (Å²) in [5.74, 6) is -1.38. The minimum Gasteiger partial charge on any atom is -0.868 e. The fraction of sp³-hybridized carbons (Fsp3) is 0. The topological polar surface area (TPSA) is 119 Å². The van der Waals surface area contributed by atoms with E-state index in [1.165, 1.54) is 12.1 Å². The summed E-state index contributed by atoms with van der Waals surface area (Å²) in [5, 5.41) is 33.7. The minimum absolute atomic E-state index is 0.219. The van der Waals surface area contributed by atoms with Crippen LogP contribution in [0.3, 0.4) is 0 Å². The Bertz CT molecular complexity index is 823. The normalized spacial score (nSPS) is 10.7. The third-order valence-electron chi connectivity index (χ3n) is 2.89. The fourth-order valence-electron chi connectivity index (χ4n) is 1.80. The maximum atomic E-state index is 12.0. The van der Waals surface area contributed by atoms with Gasteiger partial charge in [-0.2, -0.15) is 5.26 Å². The molecular formula is C16H10N3O4-. The summed E-state index contributed by atoms with van der Waals surface area (Å²) in [5.41, 5.74) is -0.114. The van der Waals surface area contributed by atoms with Gasteiger partial charge in [0.05, 0.1) is 4.92 Å². The van der Waals surface area contributed by atoms with Gasteiger partial charge in [-0.1, -0.05) is 30.3 Å². The summed E-state index contributed by atoms with van der Waals surface area (Å²) in [6, 6.07) is 13.6. The molecule has 0 fully saturated rings. The highest BCUT2D eigenvalue weighted by molar-refractivity contribution is 6.09. The van der Waals surface area contributed by atoms with Gasteiger partial charge in [0.1, 0.15) is 11.6 Å². The van der Waals surface area contributed by atoms with Gasteiger partial charge in [0, 0.05) is 11.8 Å². The first-order chi connectivity index (χ1) is 11.0. The molecule has 1 N–H and O–H groups in total. The molecule has 0 bridgehead atoms. The van der Waals surface area contributed by atoms with E-state index in [1.54, 1.807) is 36.4 Å². The molecule has 23 heavy (non-hydrogen) atoms. The second-order valence-electron chi connectivity index (χ2n) is 4.47. The molecule has 2 aromatic carbocycles. The molecule has 2 aromatic rings. The van der Waals surface area contributed by atoms with E-state index in [0.29, 0.717) is 5.69 Å². The number of anilines is 1. The molecule has 0 aliphatic carbocycles. The predicted octanol–water partition coefficient (Wildman–Crippen LogP) is 2.21. The Kier molecular flexibility index (Phi) is 4.69. The molecule has 0 radical (unpaired) electrons. The van der Waals surface area contributed by atoms with E-state index in [1.807, 2.05) is 0 Å². The molecule has 0 saturated carbocycles. The average molecular weight is 308 g/mol. The average Bonchev–Trinajstić information content (AvgIpc) is 2.54. The van der Waals surface area contributed by atoms with Crippen molar-refractivity contribution in [1.29, 1.82) is 5.26 Å². The van der Waals surface area contributed by atoms with E-state index < -0.39 is 22.3 Å². The highest BCUT2D eigenvalue weighted by Crippen LogP contribution is 2.25. The minimum atomic E-state index is -0.810. The van der Waals surface area contributed by atoms with Gasteiger partial charge in [-0.3, -0.25) is 14.9 Å². The number of nitro groups is 1. The number of benzene rings is 2. The summed E-state index contributed by atoms with van der Waals surface area (Å²) in [7, 11) is 0. The van der Waals surface area contributed by atoms with Crippen molar-refractivity contribution < 1.29 is 14.8 Å². The van der Waals surface area contributed by atoms with Crippen LogP contribution in [0.15, 0.2) is 54.1 Å². The number of carbonyl (C=O) groups is 1. The SMILES string of the molecule is N#C/C(=C\c1ccc([O-])c([N+](=O)[O-])c1)C(=O)Nc1ccccc1. The molecule has 0 spiro atoms. The van der Waals surface area contributed by atoms with Crippen LogP contribution >= 0.6 is 0 Å². The largest absolute Gasteiger partial charge is 0.868 e. The second kappa shape index (κ2) is 6.87. The summed E-state index contributed by atoms with van der Waals surface area (Å²) in [6.07, 6.45) is 1.19. The Labute approximate surface area is 131 Å². The van der Waals surface area contributed by atoms with Crippen molar-refractivity contribution in [2.75, 3.05) is 5.32 Å². The third-order valence-corrected chi connectivity index (χ3v) is 2.89. The van der Waals surface area contributed by atoms with Crippen molar-refractivity contribution in [1.82, 2.24) is 0 Å². The lowest BCUT2D eigenvalue weighted by Crippen LogP contribution is -2.13. The number of amides is 1. The van der Waals surface area contributed by atoms with Crippen molar-refractivity contribution in [3.63, 3.8) is 0 Å². The van der Waals surface area contributed by atoms with E-state index >= 15 is 0 Å². The smallest absolute Gasteiger partial charge is 0.266 e. The first kappa shape index (κ1) is 15.7. The van der Waals surface area contributed by atoms with Crippen LogP contribution in [0, 0.1) is 21.4 Å². The number of nitrogens with one attached hydrogen (secondary N) is 1. The van der Waals surface area contributed by atoms with Gasteiger partial charge in [0.15, 0.2) is 0 Å². The number of rotatable bonds is 4. The van der Waals surface area contributed by atoms with Crippen LogP contribution < -0.4 is 10.4 Å². The number of hydrogen-bond acceptors (Lipinski definition) is 5. The number of nitrogens with zero attached hydrogens (tertiary/aromatic N) is 2. The maximum Gasteiger partial charge on any atom is 0.266 e. The van der Waals surface area contributed by atoms with Crippen molar-refractivity contribution in [3.8, 4) is 11.8 Å². The molecule has 114 valence electrons. The Morgan fingerprint density at radius 1 is 1.22 bits per heavy atom.